The highest BCUT2D eigenvalue weighted by molar-refractivity contribution is 6.33. The Balaban J connectivity index is 1.79. The van der Waals surface area contributed by atoms with Gasteiger partial charge in [-0.3, -0.25) is 4.98 Å². The van der Waals surface area contributed by atoms with Gasteiger partial charge in [-0.2, -0.15) is 0 Å². The first-order chi connectivity index (χ1) is 12.3. The van der Waals surface area contributed by atoms with E-state index in [2.05, 4.69) is 33.9 Å². The highest BCUT2D eigenvalue weighted by Gasteiger charge is 2.18. The molecule has 0 aliphatic heterocycles. The van der Waals surface area contributed by atoms with Crippen LogP contribution in [0.15, 0.2) is 42.9 Å². The van der Waals surface area contributed by atoms with E-state index in [0.29, 0.717) is 11.6 Å². The van der Waals surface area contributed by atoms with E-state index < -0.39 is 0 Å². The molecule has 1 aliphatic carbocycles. The molecule has 0 spiro atoms. The molecule has 2 heterocycles. The lowest BCUT2D eigenvalue weighted by Crippen LogP contribution is -2.06. The summed E-state index contributed by atoms with van der Waals surface area (Å²) in [4.78, 5) is 4.10. The van der Waals surface area contributed by atoms with Gasteiger partial charge in [0.25, 0.3) is 0 Å². The second kappa shape index (κ2) is 7.19. The quantitative estimate of drug-likeness (QED) is 0.697. The molecule has 0 atom stereocenters. The Kier molecular flexibility index (Phi) is 4.78. The number of aromatic nitrogens is 2. The van der Waals surface area contributed by atoms with Crippen LogP contribution in [0.5, 0.6) is 0 Å². The molecule has 1 fully saturated rings. The Labute approximate surface area is 153 Å². The van der Waals surface area contributed by atoms with E-state index >= 15 is 0 Å². The third kappa shape index (κ3) is 3.31. The van der Waals surface area contributed by atoms with Crippen LogP contribution in [0.4, 0.5) is 0 Å². The molecular formula is C21H24ClN3. The normalized spacial score (nSPS) is 15.3. The minimum Gasteiger partial charge on any atom is -0.347 e. The predicted octanol–water partition coefficient (Wildman–Crippen LogP) is 5.05. The van der Waals surface area contributed by atoms with Gasteiger partial charge < -0.3 is 10.3 Å². The number of hydrogen-bond donors (Lipinski definition) is 1. The first kappa shape index (κ1) is 16.6. The minimum atomic E-state index is 0.681. The van der Waals surface area contributed by atoms with Crippen LogP contribution in [-0.2, 0) is 13.0 Å². The van der Waals surface area contributed by atoms with Crippen molar-refractivity contribution in [2.75, 3.05) is 6.54 Å². The average Bonchev–Trinajstić information content (AvgIpc) is 3.25. The summed E-state index contributed by atoms with van der Waals surface area (Å²) in [6.45, 7) is 1.79. The second-order valence-corrected chi connectivity index (χ2v) is 7.49. The molecule has 2 N–H and O–H groups in total. The molecule has 0 saturated heterocycles. The Morgan fingerprint density at radius 1 is 1.20 bits per heavy atom. The lowest BCUT2D eigenvalue weighted by Gasteiger charge is -2.12. The number of nitrogens with zero attached hydrogens (tertiary/aromatic N) is 2. The Morgan fingerprint density at radius 3 is 2.80 bits per heavy atom. The fourth-order valence-electron chi connectivity index (χ4n) is 4.12. The number of halogens is 1. The van der Waals surface area contributed by atoms with E-state index in [9.17, 15) is 0 Å². The molecule has 0 unspecified atom stereocenters. The van der Waals surface area contributed by atoms with Crippen LogP contribution >= 0.6 is 11.6 Å². The minimum absolute atomic E-state index is 0.681. The lowest BCUT2D eigenvalue weighted by atomic mass is 10.0. The average molecular weight is 354 g/mol. The summed E-state index contributed by atoms with van der Waals surface area (Å²) in [5.74, 6) is 0.800. The third-order valence-corrected chi connectivity index (χ3v) is 5.69. The molecule has 1 aromatic carbocycles. The van der Waals surface area contributed by atoms with Crippen molar-refractivity contribution in [3.05, 3.63) is 53.4 Å². The number of pyridine rings is 1. The first-order valence-electron chi connectivity index (χ1n) is 9.18. The molecule has 0 bridgehead atoms. The van der Waals surface area contributed by atoms with E-state index in [1.807, 2.05) is 6.07 Å². The van der Waals surface area contributed by atoms with E-state index in [-0.39, 0.29) is 0 Å². The molecule has 0 radical (unpaired) electrons. The maximum atomic E-state index is 6.36. The molecule has 1 saturated carbocycles. The zero-order chi connectivity index (χ0) is 17.2. The topological polar surface area (TPSA) is 43.8 Å². The number of benzene rings is 1. The van der Waals surface area contributed by atoms with Gasteiger partial charge in [0.05, 0.1) is 5.02 Å². The van der Waals surface area contributed by atoms with Gasteiger partial charge in [0, 0.05) is 41.6 Å². The summed E-state index contributed by atoms with van der Waals surface area (Å²) in [6.07, 6.45) is 12.2. The number of hydrogen-bond acceptors (Lipinski definition) is 2. The van der Waals surface area contributed by atoms with Crippen molar-refractivity contribution in [2.24, 2.45) is 11.7 Å². The van der Waals surface area contributed by atoms with Gasteiger partial charge in [-0.25, -0.2) is 0 Å². The van der Waals surface area contributed by atoms with Crippen LogP contribution < -0.4 is 5.73 Å². The number of nitrogens with two attached hydrogens (primary N) is 1. The Bertz CT molecular complexity index is 878. The highest BCUT2D eigenvalue weighted by atomic mass is 35.5. The molecule has 25 heavy (non-hydrogen) atoms. The molecule has 1 aliphatic rings. The summed E-state index contributed by atoms with van der Waals surface area (Å²) < 4.78 is 2.44. The predicted molar refractivity (Wildman–Crippen MR) is 105 cm³/mol. The largest absolute Gasteiger partial charge is 0.347 e. The highest BCUT2D eigenvalue weighted by Crippen LogP contribution is 2.33. The summed E-state index contributed by atoms with van der Waals surface area (Å²) in [6, 6.07) is 8.63. The fraction of sp³-hybridized carbons (Fsp3) is 0.381. The molecule has 4 rings (SSSR count). The van der Waals surface area contributed by atoms with Crippen molar-refractivity contribution in [3.63, 3.8) is 0 Å². The molecule has 3 aromatic rings. The van der Waals surface area contributed by atoms with E-state index in [0.717, 1.165) is 30.0 Å². The van der Waals surface area contributed by atoms with Gasteiger partial charge in [-0.05, 0) is 55.0 Å². The van der Waals surface area contributed by atoms with Crippen molar-refractivity contribution in [2.45, 2.75) is 38.6 Å². The lowest BCUT2D eigenvalue weighted by molar-refractivity contribution is 0.465. The summed E-state index contributed by atoms with van der Waals surface area (Å²) in [7, 11) is 0. The molecule has 3 nitrogen and oxygen atoms in total. The van der Waals surface area contributed by atoms with Crippen molar-refractivity contribution in [1.82, 2.24) is 9.55 Å². The van der Waals surface area contributed by atoms with E-state index in [1.54, 1.807) is 12.4 Å². The third-order valence-electron chi connectivity index (χ3n) is 5.39. The summed E-state index contributed by atoms with van der Waals surface area (Å²) in [5.41, 5.74) is 10.7. The second-order valence-electron chi connectivity index (χ2n) is 7.08. The van der Waals surface area contributed by atoms with E-state index in [4.69, 9.17) is 17.3 Å². The van der Waals surface area contributed by atoms with Gasteiger partial charge >= 0.3 is 0 Å². The maximum Gasteiger partial charge on any atom is 0.0667 e. The van der Waals surface area contributed by atoms with Crippen LogP contribution in [-0.4, -0.2) is 16.1 Å². The van der Waals surface area contributed by atoms with Gasteiger partial charge in [-0.15, -0.1) is 0 Å². The molecular weight excluding hydrogens is 330 g/mol. The first-order valence-corrected chi connectivity index (χ1v) is 9.56. The van der Waals surface area contributed by atoms with Crippen molar-refractivity contribution in [3.8, 4) is 11.1 Å². The van der Waals surface area contributed by atoms with Gasteiger partial charge in [0.15, 0.2) is 0 Å². The standard InChI is InChI=1S/C21H24ClN3/c22-20-12-24-10-8-18(20)16-5-6-19-17(7-9-23)14-25(21(19)11-16)13-15-3-1-2-4-15/h5-6,8,10-12,14-15H,1-4,7,9,13,23H2. The molecule has 2 aromatic heterocycles. The summed E-state index contributed by atoms with van der Waals surface area (Å²) >= 11 is 6.36. The molecule has 0 amide bonds. The van der Waals surface area contributed by atoms with Crippen molar-refractivity contribution in [1.29, 1.82) is 0 Å². The van der Waals surface area contributed by atoms with E-state index in [1.165, 1.54) is 42.1 Å². The van der Waals surface area contributed by atoms with Crippen LogP contribution in [0.3, 0.4) is 0 Å². The van der Waals surface area contributed by atoms with Crippen molar-refractivity contribution < 1.29 is 0 Å². The zero-order valence-electron chi connectivity index (χ0n) is 14.4. The Morgan fingerprint density at radius 2 is 2.04 bits per heavy atom. The van der Waals surface area contributed by atoms with Gasteiger partial charge in [0.2, 0.25) is 0 Å². The molecule has 4 heteroatoms. The molecule has 130 valence electrons. The summed E-state index contributed by atoms with van der Waals surface area (Å²) in [5, 5.41) is 2.01. The van der Waals surface area contributed by atoms with Crippen LogP contribution in [0.2, 0.25) is 5.02 Å². The van der Waals surface area contributed by atoms with Gasteiger partial charge in [0.1, 0.15) is 0 Å². The van der Waals surface area contributed by atoms with Crippen LogP contribution in [0.25, 0.3) is 22.0 Å². The maximum absolute atomic E-state index is 6.36. The smallest absolute Gasteiger partial charge is 0.0667 e. The SMILES string of the molecule is NCCc1cn(CC2CCCC2)c2cc(-c3ccncc3Cl)ccc12. The number of rotatable bonds is 5. The monoisotopic (exact) mass is 353 g/mol. The van der Waals surface area contributed by atoms with Crippen molar-refractivity contribution >= 4 is 22.5 Å². The van der Waals surface area contributed by atoms with Crippen LogP contribution in [0.1, 0.15) is 31.2 Å². The Hall–Kier alpha value is -1.84. The van der Waals surface area contributed by atoms with Crippen LogP contribution in [0, 0.1) is 5.92 Å². The fourth-order valence-corrected chi connectivity index (χ4v) is 4.35. The number of fused-ring (bicyclic) bond motifs is 1. The van der Waals surface area contributed by atoms with Gasteiger partial charge in [-0.1, -0.05) is 36.6 Å². The zero-order valence-corrected chi connectivity index (χ0v) is 15.2.